The minimum absolute atomic E-state index is 0.0685. The molecule has 0 bridgehead atoms. The zero-order chi connectivity index (χ0) is 13.0. The molecule has 0 spiro atoms. The molecule has 2 aliphatic rings. The smallest absolute Gasteiger partial charge is 0.275 e. The monoisotopic (exact) mass is 256 g/mol. The number of hydrogen-bond donors (Lipinski definition) is 1. The van der Waals surface area contributed by atoms with Crippen LogP contribution < -0.4 is 4.90 Å². The molecule has 0 radical (unpaired) electrons. The lowest BCUT2D eigenvalue weighted by Gasteiger charge is -2.22. The third kappa shape index (κ3) is 1.54. The van der Waals surface area contributed by atoms with Gasteiger partial charge in [-0.1, -0.05) is 0 Å². The van der Waals surface area contributed by atoms with Gasteiger partial charge in [0.2, 0.25) is 0 Å². The van der Waals surface area contributed by atoms with Crippen molar-refractivity contribution in [2.75, 3.05) is 18.0 Å². The number of nitro benzene ring substituents is 1. The number of non-ortho nitro benzene ring substituents is 1. The highest BCUT2D eigenvalue weighted by Crippen LogP contribution is 2.47. The van der Waals surface area contributed by atoms with Gasteiger partial charge in [-0.25, -0.2) is 8.78 Å². The second-order valence-corrected chi connectivity index (χ2v) is 4.74. The van der Waals surface area contributed by atoms with Crippen LogP contribution in [0.25, 0.3) is 0 Å². The van der Waals surface area contributed by atoms with E-state index in [0.717, 1.165) is 12.1 Å². The first-order valence-corrected chi connectivity index (χ1v) is 5.55. The summed E-state index contributed by atoms with van der Waals surface area (Å²) in [4.78, 5) is 11.1. The quantitative estimate of drug-likeness (QED) is 0.639. The largest absolute Gasteiger partial charge is 0.392 e. The summed E-state index contributed by atoms with van der Waals surface area (Å²) in [6.45, 7) is 0.773. The SMILES string of the molecule is O=[N+]([O-])c1cc(F)c(N2CC3C(O)C3C2)c(F)c1. The third-order valence-electron chi connectivity index (χ3n) is 3.68. The molecule has 1 N–H and O–H groups in total. The second-order valence-electron chi connectivity index (χ2n) is 4.74. The standard InChI is InChI=1S/C11H10F2N2O3/c12-8-1-5(15(17)18)2-9(13)10(8)14-3-6-7(4-14)11(6)16/h1-2,6-7,11,16H,3-4H2. The molecule has 7 heteroatoms. The van der Waals surface area contributed by atoms with Gasteiger partial charge >= 0.3 is 0 Å². The molecule has 3 rings (SSSR count). The summed E-state index contributed by atoms with van der Waals surface area (Å²) in [5, 5.41) is 19.8. The highest BCUT2D eigenvalue weighted by Gasteiger charge is 2.55. The number of rotatable bonds is 2. The summed E-state index contributed by atoms with van der Waals surface area (Å²) < 4.78 is 27.4. The second kappa shape index (κ2) is 3.61. The van der Waals surface area contributed by atoms with Crippen LogP contribution in [0.5, 0.6) is 0 Å². The number of halogens is 2. The Morgan fingerprint density at radius 3 is 2.22 bits per heavy atom. The molecule has 0 amide bonds. The molecule has 1 aromatic rings. The van der Waals surface area contributed by atoms with Crippen molar-refractivity contribution in [1.82, 2.24) is 0 Å². The van der Waals surface area contributed by atoms with Crippen LogP contribution >= 0.6 is 0 Å². The molecule has 18 heavy (non-hydrogen) atoms. The van der Waals surface area contributed by atoms with E-state index in [1.165, 1.54) is 4.90 Å². The maximum Gasteiger partial charge on any atom is 0.275 e. The predicted octanol–water partition coefficient (Wildman–Crippen LogP) is 1.30. The van der Waals surface area contributed by atoms with E-state index in [2.05, 4.69) is 0 Å². The summed E-state index contributed by atoms with van der Waals surface area (Å²) >= 11 is 0. The van der Waals surface area contributed by atoms with Crippen LogP contribution in [0.3, 0.4) is 0 Å². The van der Waals surface area contributed by atoms with E-state index < -0.39 is 22.2 Å². The Labute approximate surface area is 101 Å². The Morgan fingerprint density at radius 1 is 1.28 bits per heavy atom. The first-order chi connectivity index (χ1) is 8.49. The molecule has 2 atom stereocenters. The fourth-order valence-corrected chi connectivity index (χ4v) is 2.64. The minimum Gasteiger partial charge on any atom is -0.392 e. The van der Waals surface area contributed by atoms with Gasteiger partial charge in [0, 0.05) is 24.9 Å². The Bertz CT molecular complexity index is 502. The molecule has 1 aliphatic carbocycles. The van der Waals surface area contributed by atoms with Gasteiger partial charge in [0.1, 0.15) is 5.69 Å². The van der Waals surface area contributed by atoms with Crippen molar-refractivity contribution in [3.63, 3.8) is 0 Å². The topological polar surface area (TPSA) is 66.6 Å². The average molecular weight is 256 g/mol. The molecule has 0 aromatic heterocycles. The van der Waals surface area contributed by atoms with Gasteiger partial charge in [-0.15, -0.1) is 0 Å². The number of hydrogen-bond acceptors (Lipinski definition) is 4. The predicted molar refractivity (Wildman–Crippen MR) is 58.2 cm³/mol. The summed E-state index contributed by atoms with van der Waals surface area (Å²) in [6, 6.07) is 1.44. The first-order valence-electron chi connectivity index (χ1n) is 5.55. The number of nitrogens with zero attached hydrogens (tertiary/aromatic N) is 2. The number of fused-ring (bicyclic) bond motifs is 1. The van der Waals surface area contributed by atoms with Gasteiger partial charge < -0.3 is 10.0 Å². The van der Waals surface area contributed by atoms with Gasteiger partial charge in [-0.2, -0.15) is 0 Å². The summed E-state index contributed by atoms with van der Waals surface area (Å²) in [6.07, 6.45) is -0.370. The maximum absolute atomic E-state index is 13.7. The normalized spacial score (nSPS) is 29.3. The molecule has 5 nitrogen and oxygen atoms in total. The van der Waals surface area contributed by atoms with E-state index in [1.54, 1.807) is 0 Å². The van der Waals surface area contributed by atoms with Gasteiger partial charge in [0.15, 0.2) is 11.6 Å². The lowest BCUT2D eigenvalue weighted by molar-refractivity contribution is -0.385. The number of aliphatic hydroxyl groups excluding tert-OH is 1. The molecule has 2 unspecified atom stereocenters. The Balaban J connectivity index is 1.91. The fraction of sp³-hybridized carbons (Fsp3) is 0.455. The van der Waals surface area contributed by atoms with Crippen molar-refractivity contribution < 1.29 is 18.8 Å². The highest BCUT2D eigenvalue weighted by atomic mass is 19.1. The van der Waals surface area contributed by atoms with Crippen LogP contribution in [0.15, 0.2) is 12.1 Å². The maximum atomic E-state index is 13.7. The Hall–Kier alpha value is -1.76. The van der Waals surface area contributed by atoms with Crippen LogP contribution in [0.2, 0.25) is 0 Å². The molecular weight excluding hydrogens is 246 g/mol. The van der Waals surface area contributed by atoms with Crippen molar-refractivity contribution >= 4 is 11.4 Å². The van der Waals surface area contributed by atoms with Gasteiger partial charge in [0.25, 0.3) is 5.69 Å². The molecular formula is C11H10F2N2O3. The molecule has 96 valence electrons. The van der Waals surface area contributed by atoms with Crippen LogP contribution in [-0.2, 0) is 0 Å². The molecule has 1 saturated heterocycles. The molecule has 1 heterocycles. The molecule has 2 fully saturated rings. The summed E-state index contributed by atoms with van der Waals surface area (Å²) in [5.74, 6) is -1.73. The Morgan fingerprint density at radius 2 is 1.78 bits per heavy atom. The number of aliphatic hydroxyl groups is 1. The van der Waals surface area contributed by atoms with Crippen molar-refractivity contribution in [1.29, 1.82) is 0 Å². The van der Waals surface area contributed by atoms with Crippen LogP contribution in [0.1, 0.15) is 0 Å². The van der Waals surface area contributed by atoms with E-state index in [9.17, 15) is 24.0 Å². The van der Waals surface area contributed by atoms with Crippen molar-refractivity contribution in [2.24, 2.45) is 11.8 Å². The fourth-order valence-electron chi connectivity index (χ4n) is 2.64. The highest BCUT2D eigenvalue weighted by molar-refractivity contribution is 5.55. The van der Waals surface area contributed by atoms with Crippen LogP contribution in [0.4, 0.5) is 20.2 Å². The van der Waals surface area contributed by atoms with Gasteiger partial charge in [-0.05, 0) is 0 Å². The summed E-state index contributed by atoms with van der Waals surface area (Å²) in [7, 11) is 0. The number of piperidine rings is 1. The van der Waals surface area contributed by atoms with E-state index in [-0.39, 0.29) is 23.6 Å². The number of anilines is 1. The van der Waals surface area contributed by atoms with E-state index in [1.807, 2.05) is 0 Å². The average Bonchev–Trinajstić information content (AvgIpc) is 2.75. The molecule has 1 aromatic carbocycles. The third-order valence-corrected chi connectivity index (χ3v) is 3.68. The lowest BCUT2D eigenvalue weighted by atomic mass is 10.2. The van der Waals surface area contributed by atoms with Crippen molar-refractivity contribution in [3.8, 4) is 0 Å². The van der Waals surface area contributed by atoms with Crippen LogP contribution in [-0.4, -0.2) is 29.2 Å². The van der Waals surface area contributed by atoms with Gasteiger partial charge in [0.05, 0.1) is 23.2 Å². The van der Waals surface area contributed by atoms with Gasteiger partial charge in [-0.3, -0.25) is 10.1 Å². The Kier molecular flexibility index (Phi) is 2.28. The summed E-state index contributed by atoms with van der Waals surface area (Å²) in [5.41, 5.74) is -0.835. The first kappa shape index (κ1) is 11.3. The van der Waals surface area contributed by atoms with E-state index in [4.69, 9.17) is 0 Å². The number of benzene rings is 1. The lowest BCUT2D eigenvalue weighted by Crippen LogP contribution is -2.27. The minimum atomic E-state index is -0.933. The van der Waals surface area contributed by atoms with Crippen LogP contribution in [0, 0.1) is 33.6 Å². The molecule has 1 aliphatic heterocycles. The van der Waals surface area contributed by atoms with E-state index >= 15 is 0 Å². The van der Waals surface area contributed by atoms with Crippen molar-refractivity contribution in [3.05, 3.63) is 33.9 Å². The molecule has 1 saturated carbocycles. The zero-order valence-corrected chi connectivity index (χ0v) is 9.22. The van der Waals surface area contributed by atoms with Crippen molar-refractivity contribution in [2.45, 2.75) is 6.10 Å². The number of nitro groups is 1. The van der Waals surface area contributed by atoms with E-state index in [0.29, 0.717) is 13.1 Å². The zero-order valence-electron chi connectivity index (χ0n) is 9.22.